The molecule has 0 saturated carbocycles. The van der Waals surface area contributed by atoms with Crippen LogP contribution in [-0.2, 0) is 21.2 Å². The number of benzene rings is 2. The van der Waals surface area contributed by atoms with Crippen molar-refractivity contribution in [3.8, 4) is 11.3 Å². The molecule has 0 radical (unpaired) electrons. The number of nitrogens with one attached hydrogen (secondary N) is 1. The fourth-order valence-electron chi connectivity index (χ4n) is 4.28. The molecule has 0 bridgehead atoms. The van der Waals surface area contributed by atoms with Gasteiger partial charge in [0.25, 0.3) is 0 Å². The van der Waals surface area contributed by atoms with Crippen molar-refractivity contribution in [1.82, 2.24) is 9.29 Å². The van der Waals surface area contributed by atoms with Crippen LogP contribution < -0.4 is 5.32 Å². The predicted octanol–water partition coefficient (Wildman–Crippen LogP) is 4.72. The first kappa shape index (κ1) is 24.1. The molecule has 0 spiro atoms. The summed E-state index contributed by atoms with van der Waals surface area (Å²) in [7, 11) is -3.56. The number of hydrogen-bond donors (Lipinski definition) is 1. The molecule has 1 amide bonds. The van der Waals surface area contributed by atoms with E-state index in [4.69, 9.17) is 4.42 Å². The van der Waals surface area contributed by atoms with Gasteiger partial charge in [-0.2, -0.15) is 4.31 Å². The van der Waals surface area contributed by atoms with Crippen molar-refractivity contribution >= 4 is 21.6 Å². The Labute approximate surface area is 199 Å². The summed E-state index contributed by atoms with van der Waals surface area (Å²) < 4.78 is 46.3. The van der Waals surface area contributed by atoms with Gasteiger partial charge in [-0.25, -0.2) is 17.8 Å². The number of carbonyl (C=O) groups is 1. The first-order chi connectivity index (χ1) is 16.2. The molecule has 3 aromatic rings. The van der Waals surface area contributed by atoms with Crippen LogP contribution in [0.5, 0.6) is 0 Å². The number of aryl methyl sites for hydroxylation is 1. The summed E-state index contributed by atoms with van der Waals surface area (Å²) in [5.74, 6) is 0.989. The zero-order valence-electron chi connectivity index (χ0n) is 19.2. The summed E-state index contributed by atoms with van der Waals surface area (Å²) in [6.45, 7) is 5.18. The highest BCUT2D eigenvalue weighted by molar-refractivity contribution is 7.89. The van der Waals surface area contributed by atoms with Crippen molar-refractivity contribution in [1.29, 1.82) is 0 Å². The van der Waals surface area contributed by atoms with Gasteiger partial charge in [0, 0.05) is 37.2 Å². The number of amides is 1. The summed E-state index contributed by atoms with van der Waals surface area (Å²) in [4.78, 5) is 16.8. The van der Waals surface area contributed by atoms with Crippen molar-refractivity contribution in [3.05, 3.63) is 66.4 Å². The quantitative estimate of drug-likeness (QED) is 0.523. The summed E-state index contributed by atoms with van der Waals surface area (Å²) >= 11 is 0. The van der Waals surface area contributed by atoms with Gasteiger partial charge in [-0.15, -0.1) is 0 Å². The Morgan fingerprint density at radius 2 is 1.74 bits per heavy atom. The maximum Gasteiger partial charge on any atom is 0.243 e. The zero-order valence-corrected chi connectivity index (χ0v) is 20.0. The third-order valence-corrected chi connectivity index (χ3v) is 7.71. The van der Waals surface area contributed by atoms with Gasteiger partial charge in [0.2, 0.25) is 15.9 Å². The van der Waals surface area contributed by atoms with Gasteiger partial charge in [-0.1, -0.05) is 13.8 Å². The van der Waals surface area contributed by atoms with E-state index >= 15 is 0 Å². The van der Waals surface area contributed by atoms with Crippen molar-refractivity contribution in [2.24, 2.45) is 11.8 Å². The number of sulfonamides is 1. The molecule has 1 fully saturated rings. The van der Waals surface area contributed by atoms with Gasteiger partial charge < -0.3 is 9.73 Å². The number of nitrogens with zero attached hydrogens (tertiary/aromatic N) is 2. The summed E-state index contributed by atoms with van der Waals surface area (Å²) in [6.07, 6.45) is 3.01. The first-order valence-electron chi connectivity index (χ1n) is 11.3. The fraction of sp³-hybridized carbons (Fsp3) is 0.360. The van der Waals surface area contributed by atoms with Crippen LogP contribution in [0.3, 0.4) is 0 Å². The number of aromatic nitrogens is 1. The van der Waals surface area contributed by atoms with Crippen LogP contribution >= 0.6 is 0 Å². The predicted molar refractivity (Wildman–Crippen MR) is 127 cm³/mol. The highest BCUT2D eigenvalue weighted by Gasteiger charge is 2.31. The van der Waals surface area contributed by atoms with Gasteiger partial charge in [-0.3, -0.25) is 4.79 Å². The van der Waals surface area contributed by atoms with E-state index in [1.165, 1.54) is 24.3 Å². The molecule has 2 unspecified atom stereocenters. The number of hydrogen-bond acceptors (Lipinski definition) is 5. The highest BCUT2D eigenvalue weighted by Crippen LogP contribution is 2.27. The molecule has 1 N–H and O–H groups in total. The minimum absolute atomic E-state index is 0.146. The Kier molecular flexibility index (Phi) is 7.13. The monoisotopic (exact) mass is 485 g/mol. The Hall–Kier alpha value is -3.04. The molecule has 34 heavy (non-hydrogen) atoms. The molecule has 1 aliphatic rings. The Balaban J connectivity index is 1.32. The van der Waals surface area contributed by atoms with E-state index in [1.54, 1.807) is 34.8 Å². The number of anilines is 1. The van der Waals surface area contributed by atoms with Crippen LogP contribution in [0.2, 0.25) is 0 Å². The summed E-state index contributed by atoms with van der Waals surface area (Å²) in [6, 6.07) is 12.1. The van der Waals surface area contributed by atoms with Crippen LogP contribution in [0, 0.1) is 17.7 Å². The maximum atomic E-state index is 13.1. The second kappa shape index (κ2) is 10.1. The van der Waals surface area contributed by atoms with Crippen LogP contribution in [0.1, 0.15) is 32.6 Å². The SMILES string of the molecule is CC1CC(C)CN(S(=O)(=O)c2ccc(NC(=O)CCc3ncc(-c4ccc(F)cc4)o3)cc2)C1. The fourth-order valence-corrected chi connectivity index (χ4v) is 5.96. The lowest BCUT2D eigenvalue weighted by atomic mass is 9.94. The van der Waals surface area contributed by atoms with Crippen molar-refractivity contribution in [2.75, 3.05) is 18.4 Å². The third kappa shape index (κ3) is 5.71. The average Bonchev–Trinajstić information content (AvgIpc) is 3.27. The van der Waals surface area contributed by atoms with E-state index in [2.05, 4.69) is 24.1 Å². The summed E-state index contributed by atoms with van der Waals surface area (Å²) in [5.41, 5.74) is 1.22. The zero-order chi connectivity index (χ0) is 24.3. The molecule has 0 aliphatic carbocycles. The van der Waals surface area contributed by atoms with E-state index in [-0.39, 0.29) is 23.0 Å². The van der Waals surface area contributed by atoms with Crippen molar-refractivity contribution in [3.63, 3.8) is 0 Å². The number of carbonyl (C=O) groups excluding carboxylic acids is 1. The van der Waals surface area contributed by atoms with Crippen molar-refractivity contribution < 1.29 is 22.0 Å². The molecule has 180 valence electrons. The van der Waals surface area contributed by atoms with E-state index < -0.39 is 10.0 Å². The molecule has 4 rings (SSSR count). The van der Waals surface area contributed by atoms with Gasteiger partial charge >= 0.3 is 0 Å². The second-order valence-electron chi connectivity index (χ2n) is 8.97. The molecular weight excluding hydrogens is 457 g/mol. The number of oxazole rings is 1. The average molecular weight is 486 g/mol. The molecule has 9 heteroatoms. The maximum absolute atomic E-state index is 13.1. The molecule has 1 aliphatic heterocycles. The van der Waals surface area contributed by atoms with Crippen LogP contribution in [-0.4, -0.2) is 36.7 Å². The highest BCUT2D eigenvalue weighted by atomic mass is 32.2. The number of halogens is 1. The standard InChI is InChI=1S/C25H28FN3O4S/c1-17-13-18(2)16-29(15-17)34(31,32)22-9-7-21(8-10-22)28-24(30)11-12-25-27-14-23(33-25)19-3-5-20(26)6-4-19/h3-10,14,17-18H,11-13,15-16H2,1-2H3,(H,28,30). The van der Waals surface area contributed by atoms with E-state index in [9.17, 15) is 17.6 Å². The van der Waals surface area contributed by atoms with Gasteiger partial charge in [0.05, 0.1) is 11.1 Å². The van der Waals surface area contributed by atoms with Gasteiger partial charge in [0.1, 0.15) is 5.82 Å². The van der Waals surface area contributed by atoms with Gasteiger partial charge in [0.15, 0.2) is 11.7 Å². The van der Waals surface area contributed by atoms with Crippen LogP contribution in [0.4, 0.5) is 10.1 Å². The minimum Gasteiger partial charge on any atom is -0.441 e. The largest absolute Gasteiger partial charge is 0.441 e. The molecule has 1 saturated heterocycles. The first-order valence-corrected chi connectivity index (χ1v) is 12.8. The number of piperidine rings is 1. The Morgan fingerprint density at radius 3 is 2.38 bits per heavy atom. The summed E-state index contributed by atoms with van der Waals surface area (Å²) in [5, 5.41) is 2.77. The molecule has 7 nitrogen and oxygen atoms in total. The normalized spacial score (nSPS) is 19.1. The Bertz CT molecular complexity index is 1230. The lowest BCUT2D eigenvalue weighted by Crippen LogP contribution is -2.42. The smallest absolute Gasteiger partial charge is 0.243 e. The van der Waals surface area contributed by atoms with E-state index in [0.29, 0.717) is 54.2 Å². The minimum atomic E-state index is -3.56. The van der Waals surface area contributed by atoms with Crippen LogP contribution in [0.25, 0.3) is 11.3 Å². The molecule has 2 heterocycles. The Morgan fingerprint density at radius 1 is 1.09 bits per heavy atom. The van der Waals surface area contributed by atoms with E-state index in [1.807, 2.05) is 0 Å². The second-order valence-corrected chi connectivity index (χ2v) is 10.9. The lowest BCUT2D eigenvalue weighted by Gasteiger charge is -2.34. The molecule has 2 atom stereocenters. The van der Waals surface area contributed by atoms with Crippen LogP contribution in [0.15, 0.2) is 64.0 Å². The lowest BCUT2D eigenvalue weighted by molar-refractivity contribution is -0.116. The van der Waals surface area contributed by atoms with Gasteiger partial charge in [-0.05, 0) is 66.8 Å². The number of rotatable bonds is 7. The molecular formula is C25H28FN3O4S. The van der Waals surface area contributed by atoms with E-state index in [0.717, 1.165) is 6.42 Å². The van der Waals surface area contributed by atoms with Crippen molar-refractivity contribution in [2.45, 2.75) is 38.0 Å². The molecule has 1 aromatic heterocycles. The topological polar surface area (TPSA) is 92.5 Å². The third-order valence-electron chi connectivity index (χ3n) is 5.86. The molecule has 2 aromatic carbocycles.